The normalized spacial score (nSPS) is 17.2. The molecule has 4 heteroatoms. The number of carbonyl (C=O) groups excluding carboxylic acids is 1. The van der Waals surface area contributed by atoms with Gasteiger partial charge in [-0.3, -0.25) is 4.79 Å². The summed E-state index contributed by atoms with van der Waals surface area (Å²) in [5.74, 6) is 1.26. The van der Waals surface area contributed by atoms with E-state index in [0.29, 0.717) is 18.3 Å². The van der Waals surface area contributed by atoms with Crippen molar-refractivity contribution >= 4 is 24.0 Å². The van der Waals surface area contributed by atoms with E-state index >= 15 is 0 Å². The molecule has 1 aromatic carbocycles. The maximum absolute atomic E-state index is 12.4. The summed E-state index contributed by atoms with van der Waals surface area (Å²) in [6.45, 7) is 10.9. The van der Waals surface area contributed by atoms with E-state index in [9.17, 15) is 4.79 Å². The quantitative estimate of drug-likeness (QED) is 0.855. The van der Waals surface area contributed by atoms with Crippen molar-refractivity contribution in [2.24, 2.45) is 11.8 Å². The maximum Gasteiger partial charge on any atom is 0.224 e. The number of para-hydroxylation sites is 1. The van der Waals surface area contributed by atoms with Crippen LogP contribution in [0.15, 0.2) is 24.3 Å². The van der Waals surface area contributed by atoms with E-state index < -0.39 is 0 Å². The van der Waals surface area contributed by atoms with Crippen LogP contribution in [0.25, 0.3) is 0 Å². The van der Waals surface area contributed by atoms with Crippen LogP contribution in [0.1, 0.15) is 52.5 Å². The third kappa shape index (κ3) is 5.82. The molecule has 1 aliphatic rings. The molecule has 0 spiro atoms. The predicted molar refractivity (Wildman–Crippen MR) is 100 cm³/mol. The number of anilines is 1. The molecule has 0 aliphatic carbocycles. The van der Waals surface area contributed by atoms with Crippen LogP contribution in [-0.4, -0.2) is 19.0 Å². The van der Waals surface area contributed by atoms with Crippen LogP contribution in [-0.2, 0) is 10.2 Å². The van der Waals surface area contributed by atoms with Crippen LogP contribution in [0.5, 0.6) is 0 Å². The van der Waals surface area contributed by atoms with Gasteiger partial charge in [-0.05, 0) is 54.8 Å². The molecule has 23 heavy (non-hydrogen) atoms. The van der Waals surface area contributed by atoms with Gasteiger partial charge >= 0.3 is 0 Å². The molecule has 130 valence electrons. The Hall–Kier alpha value is -1.06. The molecule has 1 aromatic rings. The summed E-state index contributed by atoms with van der Waals surface area (Å²) in [5, 5.41) is 6.52. The Morgan fingerprint density at radius 3 is 2.48 bits per heavy atom. The highest BCUT2D eigenvalue weighted by Gasteiger charge is 2.23. The van der Waals surface area contributed by atoms with Crippen LogP contribution in [0.4, 0.5) is 5.69 Å². The standard InChI is InChI=1S/C19H30N2O.ClH/c1-14(15-9-11-20-12-10-15)13-18(22)21-17-8-6-5-7-16(17)19(2,3)4;/h5-8,14-15,20H,9-13H2,1-4H3,(H,21,22);1H. The second-order valence-corrected chi connectivity index (χ2v) is 7.61. The third-order valence-electron chi connectivity index (χ3n) is 4.71. The predicted octanol–water partition coefficient (Wildman–Crippen LogP) is 4.37. The fraction of sp³-hybridized carbons (Fsp3) is 0.632. The van der Waals surface area contributed by atoms with Gasteiger partial charge in [-0.1, -0.05) is 45.9 Å². The fourth-order valence-electron chi connectivity index (χ4n) is 3.32. The van der Waals surface area contributed by atoms with Crippen molar-refractivity contribution in [3.05, 3.63) is 29.8 Å². The Labute approximate surface area is 147 Å². The average molecular weight is 339 g/mol. The van der Waals surface area contributed by atoms with E-state index in [2.05, 4.69) is 44.4 Å². The topological polar surface area (TPSA) is 41.1 Å². The molecule has 1 heterocycles. The number of carbonyl (C=O) groups is 1. The van der Waals surface area contributed by atoms with E-state index in [4.69, 9.17) is 0 Å². The molecular formula is C19H31ClN2O. The molecule has 1 aliphatic heterocycles. The largest absolute Gasteiger partial charge is 0.326 e. The van der Waals surface area contributed by atoms with Gasteiger partial charge in [0.15, 0.2) is 0 Å². The van der Waals surface area contributed by atoms with Crippen molar-refractivity contribution in [3.8, 4) is 0 Å². The first kappa shape index (κ1) is 20.0. The molecular weight excluding hydrogens is 308 g/mol. The third-order valence-corrected chi connectivity index (χ3v) is 4.71. The van der Waals surface area contributed by atoms with Gasteiger partial charge in [0.25, 0.3) is 0 Å². The zero-order valence-corrected chi connectivity index (χ0v) is 15.6. The number of piperidine rings is 1. The highest BCUT2D eigenvalue weighted by Crippen LogP contribution is 2.30. The monoisotopic (exact) mass is 338 g/mol. The SMILES string of the molecule is CC(CC(=O)Nc1ccccc1C(C)(C)C)C1CCNCC1.Cl. The maximum atomic E-state index is 12.4. The van der Waals surface area contributed by atoms with Gasteiger partial charge in [0, 0.05) is 12.1 Å². The number of amides is 1. The van der Waals surface area contributed by atoms with Gasteiger partial charge < -0.3 is 10.6 Å². The second kappa shape index (κ2) is 8.70. The number of hydrogen-bond acceptors (Lipinski definition) is 2. The van der Waals surface area contributed by atoms with E-state index in [1.165, 1.54) is 18.4 Å². The lowest BCUT2D eigenvalue weighted by molar-refractivity contribution is -0.117. The lowest BCUT2D eigenvalue weighted by Gasteiger charge is -2.28. The summed E-state index contributed by atoms with van der Waals surface area (Å²) < 4.78 is 0. The molecule has 0 saturated carbocycles. The first-order chi connectivity index (χ1) is 10.4. The van der Waals surface area contributed by atoms with Gasteiger partial charge in [0.05, 0.1) is 0 Å². The molecule has 1 amide bonds. The molecule has 0 bridgehead atoms. The molecule has 2 N–H and O–H groups in total. The summed E-state index contributed by atoms with van der Waals surface area (Å²) in [7, 11) is 0. The van der Waals surface area contributed by atoms with Gasteiger partial charge in [0.1, 0.15) is 0 Å². The molecule has 1 atom stereocenters. The molecule has 1 unspecified atom stereocenters. The lowest BCUT2D eigenvalue weighted by atomic mass is 9.83. The first-order valence-electron chi connectivity index (χ1n) is 8.48. The molecule has 1 saturated heterocycles. The summed E-state index contributed by atoms with van der Waals surface area (Å²) in [6, 6.07) is 8.13. The van der Waals surface area contributed by atoms with Crippen LogP contribution in [0, 0.1) is 11.8 Å². The molecule has 0 aromatic heterocycles. The number of rotatable bonds is 4. The molecule has 1 fully saturated rings. The highest BCUT2D eigenvalue weighted by molar-refractivity contribution is 5.91. The fourth-order valence-corrected chi connectivity index (χ4v) is 3.32. The van der Waals surface area contributed by atoms with Gasteiger partial charge in [-0.2, -0.15) is 0 Å². The van der Waals surface area contributed by atoms with Gasteiger partial charge in [0.2, 0.25) is 5.91 Å². The van der Waals surface area contributed by atoms with Crippen molar-refractivity contribution in [1.29, 1.82) is 0 Å². The number of hydrogen-bond donors (Lipinski definition) is 2. The number of benzene rings is 1. The highest BCUT2D eigenvalue weighted by atomic mass is 35.5. The van der Waals surface area contributed by atoms with Crippen LogP contribution >= 0.6 is 12.4 Å². The Kier molecular flexibility index (Phi) is 7.56. The molecule has 3 nitrogen and oxygen atoms in total. The summed E-state index contributed by atoms with van der Waals surface area (Å²) in [6.07, 6.45) is 2.99. The van der Waals surface area contributed by atoms with E-state index in [1.807, 2.05) is 18.2 Å². The minimum atomic E-state index is 0. The van der Waals surface area contributed by atoms with Crippen LogP contribution < -0.4 is 10.6 Å². The van der Waals surface area contributed by atoms with E-state index in [0.717, 1.165) is 18.8 Å². The zero-order valence-electron chi connectivity index (χ0n) is 14.8. The number of nitrogens with one attached hydrogen (secondary N) is 2. The zero-order chi connectivity index (χ0) is 16.2. The second-order valence-electron chi connectivity index (χ2n) is 7.61. The van der Waals surface area contributed by atoms with Crippen LogP contribution in [0.3, 0.4) is 0 Å². The van der Waals surface area contributed by atoms with Gasteiger partial charge in [-0.25, -0.2) is 0 Å². The van der Waals surface area contributed by atoms with Crippen molar-refractivity contribution in [2.45, 2.75) is 52.4 Å². The minimum absolute atomic E-state index is 0. The molecule has 2 rings (SSSR count). The Balaban J connectivity index is 0.00000264. The Bertz CT molecular complexity index is 504. The summed E-state index contributed by atoms with van der Waals surface area (Å²) in [5.41, 5.74) is 2.18. The lowest BCUT2D eigenvalue weighted by Crippen LogP contribution is -2.32. The Morgan fingerprint density at radius 1 is 1.26 bits per heavy atom. The average Bonchev–Trinajstić information content (AvgIpc) is 2.47. The van der Waals surface area contributed by atoms with Crippen molar-refractivity contribution in [3.63, 3.8) is 0 Å². The summed E-state index contributed by atoms with van der Waals surface area (Å²) >= 11 is 0. The van der Waals surface area contributed by atoms with Gasteiger partial charge in [-0.15, -0.1) is 12.4 Å². The van der Waals surface area contributed by atoms with Crippen molar-refractivity contribution < 1.29 is 4.79 Å². The molecule has 0 radical (unpaired) electrons. The number of halogens is 1. The summed E-state index contributed by atoms with van der Waals surface area (Å²) in [4.78, 5) is 12.4. The van der Waals surface area contributed by atoms with E-state index in [1.54, 1.807) is 0 Å². The van der Waals surface area contributed by atoms with Crippen LogP contribution in [0.2, 0.25) is 0 Å². The first-order valence-corrected chi connectivity index (χ1v) is 8.48. The minimum Gasteiger partial charge on any atom is -0.326 e. The Morgan fingerprint density at radius 2 is 1.87 bits per heavy atom. The van der Waals surface area contributed by atoms with E-state index in [-0.39, 0.29) is 23.7 Å². The smallest absolute Gasteiger partial charge is 0.224 e. The van der Waals surface area contributed by atoms with Crippen molar-refractivity contribution in [1.82, 2.24) is 5.32 Å². The van der Waals surface area contributed by atoms with Crippen molar-refractivity contribution in [2.75, 3.05) is 18.4 Å².